The molecule has 6 rings (SSSR count). The number of halogens is 1. The fraction of sp³-hybridized carbons (Fsp3) is 0.333. The fourth-order valence-electron chi connectivity index (χ4n) is 5.92. The molecule has 1 saturated heterocycles. The Balaban J connectivity index is 1.38. The van der Waals surface area contributed by atoms with Crippen molar-refractivity contribution < 1.29 is 18.5 Å². The summed E-state index contributed by atoms with van der Waals surface area (Å²) in [5, 5.41) is 0.607. The highest BCUT2D eigenvalue weighted by molar-refractivity contribution is 7.85. The number of carbonyl (C=O) groups excluding carboxylic acids is 2. The summed E-state index contributed by atoms with van der Waals surface area (Å²) in [4.78, 5) is 32.6. The van der Waals surface area contributed by atoms with Gasteiger partial charge in [-0.2, -0.15) is 0 Å². The summed E-state index contributed by atoms with van der Waals surface area (Å²) >= 11 is 6.12. The lowest BCUT2D eigenvalue weighted by Gasteiger charge is -2.31. The Labute approximate surface area is 248 Å². The lowest BCUT2D eigenvalue weighted by Crippen LogP contribution is -2.41. The zero-order valence-electron chi connectivity index (χ0n) is 22.8. The molecule has 0 bridgehead atoms. The van der Waals surface area contributed by atoms with Crippen LogP contribution in [0.1, 0.15) is 58.4 Å². The van der Waals surface area contributed by atoms with E-state index in [9.17, 15) is 13.8 Å². The minimum atomic E-state index is -1.59. The molecule has 2 aliphatic heterocycles. The Morgan fingerprint density at radius 1 is 1.00 bits per heavy atom. The van der Waals surface area contributed by atoms with Crippen molar-refractivity contribution in [3.63, 3.8) is 0 Å². The first-order chi connectivity index (χ1) is 20.0. The first kappa shape index (κ1) is 27.9. The Morgan fingerprint density at radius 2 is 1.83 bits per heavy atom. The highest BCUT2D eigenvalue weighted by atomic mass is 35.5. The smallest absolute Gasteiger partial charge is 0.259 e. The van der Waals surface area contributed by atoms with Gasteiger partial charge in [0.1, 0.15) is 0 Å². The van der Waals surface area contributed by atoms with Gasteiger partial charge in [0.15, 0.2) is 0 Å². The number of ether oxygens (including phenoxy) is 1. The molecule has 0 radical (unpaired) electrons. The Morgan fingerprint density at radius 3 is 2.59 bits per heavy atom. The van der Waals surface area contributed by atoms with Crippen LogP contribution in [0.2, 0.25) is 5.02 Å². The number of carbonyl (C=O) groups is 2. The number of fused-ring (bicyclic) bond motifs is 2. The molecular weight excluding hydrogens is 556 g/mol. The molecule has 0 spiro atoms. The summed E-state index contributed by atoms with van der Waals surface area (Å²) in [5.74, 6) is 0.0536. The molecule has 3 aliphatic rings. The van der Waals surface area contributed by atoms with E-state index in [4.69, 9.17) is 16.3 Å². The van der Waals surface area contributed by atoms with E-state index in [-0.39, 0.29) is 24.5 Å². The third kappa shape index (κ3) is 6.03. The van der Waals surface area contributed by atoms with E-state index in [0.29, 0.717) is 50.6 Å². The zero-order chi connectivity index (χ0) is 28.3. The average molecular weight is 589 g/mol. The van der Waals surface area contributed by atoms with Crippen molar-refractivity contribution in [1.82, 2.24) is 4.90 Å². The van der Waals surface area contributed by atoms with Gasteiger partial charge in [-0.05, 0) is 86.1 Å². The highest BCUT2D eigenvalue weighted by Gasteiger charge is 2.33. The first-order valence-electron chi connectivity index (χ1n) is 14.2. The van der Waals surface area contributed by atoms with Crippen molar-refractivity contribution in [2.24, 2.45) is 5.92 Å². The molecule has 2 amide bonds. The van der Waals surface area contributed by atoms with Crippen LogP contribution >= 0.6 is 11.6 Å². The van der Waals surface area contributed by atoms with Gasteiger partial charge in [-0.25, -0.2) is 4.21 Å². The molecule has 6 nitrogen and oxygen atoms in total. The highest BCUT2D eigenvalue weighted by Crippen LogP contribution is 2.36. The number of benzene rings is 3. The predicted molar refractivity (Wildman–Crippen MR) is 161 cm³/mol. The van der Waals surface area contributed by atoms with Crippen LogP contribution in [-0.4, -0.2) is 46.7 Å². The van der Waals surface area contributed by atoms with Gasteiger partial charge in [0.25, 0.3) is 11.8 Å². The molecule has 3 aromatic carbocycles. The number of allylic oxidation sites excluding steroid dienone is 2. The average Bonchev–Trinajstić information content (AvgIpc) is 3.50. The van der Waals surface area contributed by atoms with E-state index >= 15 is 0 Å². The molecule has 3 aromatic rings. The van der Waals surface area contributed by atoms with Gasteiger partial charge < -0.3 is 14.5 Å². The van der Waals surface area contributed by atoms with Crippen molar-refractivity contribution in [3.8, 4) is 0 Å². The minimum absolute atomic E-state index is 0.0314. The van der Waals surface area contributed by atoms with Crippen LogP contribution in [0.15, 0.2) is 88.7 Å². The topological polar surface area (TPSA) is 66.9 Å². The number of hydrogen-bond donors (Lipinski definition) is 0. The van der Waals surface area contributed by atoms with Crippen molar-refractivity contribution in [2.75, 3.05) is 24.6 Å². The zero-order valence-corrected chi connectivity index (χ0v) is 24.4. The molecule has 1 fully saturated rings. The third-order valence-electron chi connectivity index (χ3n) is 8.10. The van der Waals surface area contributed by atoms with E-state index in [1.165, 1.54) is 0 Å². The predicted octanol–water partition coefficient (Wildman–Crippen LogP) is 6.64. The Kier molecular flexibility index (Phi) is 8.37. The van der Waals surface area contributed by atoms with Crippen molar-refractivity contribution >= 4 is 39.9 Å². The second-order valence-electron chi connectivity index (χ2n) is 11.0. The van der Waals surface area contributed by atoms with Gasteiger partial charge in [-0.1, -0.05) is 48.0 Å². The second-order valence-corrected chi connectivity index (χ2v) is 12.8. The molecule has 2 heterocycles. The second kappa shape index (κ2) is 12.3. The van der Waals surface area contributed by atoms with Gasteiger partial charge >= 0.3 is 0 Å². The number of nitrogens with zero attached hydrogens (tertiary/aromatic N) is 2. The molecule has 0 saturated carbocycles. The number of hydrogen-bond acceptors (Lipinski definition) is 4. The lowest BCUT2D eigenvalue weighted by atomic mass is 9.93. The lowest BCUT2D eigenvalue weighted by molar-refractivity contribution is 0.0483. The third-order valence-corrected chi connectivity index (χ3v) is 9.86. The van der Waals surface area contributed by atoms with Crippen LogP contribution in [0, 0.1) is 5.92 Å². The van der Waals surface area contributed by atoms with E-state index in [1.807, 2.05) is 17.0 Å². The molecular formula is C33H33ClN2O4S. The van der Waals surface area contributed by atoms with E-state index in [1.54, 1.807) is 59.5 Å². The van der Waals surface area contributed by atoms with Crippen LogP contribution in [0.4, 0.5) is 5.69 Å². The van der Waals surface area contributed by atoms with Crippen LogP contribution in [0.25, 0.3) is 0 Å². The standard InChI is InChI=1S/C33H33ClN2O4S/c34-26-15-12-24(13-16-26)21-36-29-19-25(14-17-31(29)41(39)30-11-5-4-10-28(30)33(36)38)32(37)35(22-27-9-6-18-40-27)20-23-7-2-1-3-8-23/h1-2,4-5,10-17,19,23,27H,3,6-9,18,20-22H2/t23-,27+,41-/m0/s1. The normalized spacial score (nSPS) is 21.7. The summed E-state index contributed by atoms with van der Waals surface area (Å²) < 4.78 is 19.7. The molecule has 0 unspecified atom stereocenters. The largest absolute Gasteiger partial charge is 0.376 e. The quantitative estimate of drug-likeness (QED) is 0.290. The molecule has 41 heavy (non-hydrogen) atoms. The molecule has 0 aromatic heterocycles. The summed E-state index contributed by atoms with van der Waals surface area (Å²) in [6, 6.07) is 19.6. The van der Waals surface area contributed by atoms with Crippen LogP contribution in [0.3, 0.4) is 0 Å². The van der Waals surface area contributed by atoms with Gasteiger partial charge in [0, 0.05) is 30.3 Å². The van der Waals surface area contributed by atoms with Gasteiger partial charge in [0.05, 0.1) is 44.5 Å². The Bertz CT molecular complexity index is 1500. The SMILES string of the molecule is O=C(c1ccc2c(c1)N(Cc1ccc(Cl)cc1)C(=O)c1ccccc1[S@@]2=O)N(C[C@H]1CC=CCC1)C[C@H]1CCCO1. The summed E-state index contributed by atoms with van der Waals surface area (Å²) in [6.45, 7) is 2.18. The van der Waals surface area contributed by atoms with Crippen LogP contribution in [0.5, 0.6) is 0 Å². The van der Waals surface area contributed by atoms with Crippen LogP contribution in [-0.2, 0) is 22.1 Å². The molecule has 212 valence electrons. The van der Waals surface area contributed by atoms with Crippen molar-refractivity contribution in [1.29, 1.82) is 0 Å². The van der Waals surface area contributed by atoms with Gasteiger partial charge in [-0.3, -0.25) is 9.59 Å². The molecule has 0 N–H and O–H groups in total. The maximum atomic E-state index is 14.1. The fourth-order valence-corrected chi connectivity index (χ4v) is 7.39. The summed E-state index contributed by atoms with van der Waals surface area (Å²) in [6.07, 6.45) is 9.43. The number of anilines is 1. The summed E-state index contributed by atoms with van der Waals surface area (Å²) in [7, 11) is -1.59. The first-order valence-corrected chi connectivity index (χ1v) is 15.8. The van der Waals surface area contributed by atoms with E-state index < -0.39 is 10.8 Å². The molecule has 8 heteroatoms. The van der Waals surface area contributed by atoms with Gasteiger partial charge in [0.2, 0.25) is 0 Å². The van der Waals surface area contributed by atoms with Gasteiger partial charge in [-0.15, -0.1) is 0 Å². The Hall–Kier alpha value is -3.26. The minimum Gasteiger partial charge on any atom is -0.376 e. The maximum Gasteiger partial charge on any atom is 0.259 e. The molecule has 1 aliphatic carbocycles. The number of rotatable bonds is 7. The van der Waals surface area contributed by atoms with Crippen molar-refractivity contribution in [3.05, 3.63) is 101 Å². The van der Waals surface area contributed by atoms with Crippen molar-refractivity contribution in [2.45, 2.75) is 54.5 Å². The molecule has 3 atom stereocenters. The maximum absolute atomic E-state index is 14.1. The van der Waals surface area contributed by atoms with E-state index in [2.05, 4.69) is 12.2 Å². The van der Waals surface area contributed by atoms with Crippen LogP contribution < -0.4 is 4.90 Å². The summed E-state index contributed by atoms with van der Waals surface area (Å²) in [5.41, 5.74) is 2.24. The monoisotopic (exact) mass is 588 g/mol. The number of amides is 2. The van der Waals surface area contributed by atoms with E-state index in [0.717, 1.165) is 44.3 Å².